The van der Waals surface area contributed by atoms with Gasteiger partial charge in [-0.15, -0.1) is 0 Å². The molecular formula is C15H23N3O2. The van der Waals surface area contributed by atoms with Crippen LogP contribution in [0.1, 0.15) is 44.8 Å². The predicted molar refractivity (Wildman–Crippen MR) is 79.6 cm³/mol. The average Bonchev–Trinajstić information content (AvgIpc) is 2.43. The van der Waals surface area contributed by atoms with Crippen molar-refractivity contribution in [3.05, 3.63) is 28.2 Å². The Labute approximate surface area is 119 Å². The van der Waals surface area contributed by atoms with Crippen LogP contribution < -0.4 is 11.3 Å². The fourth-order valence-corrected chi connectivity index (χ4v) is 2.92. The van der Waals surface area contributed by atoms with E-state index in [4.69, 9.17) is 5.73 Å². The lowest BCUT2D eigenvalue weighted by Gasteiger charge is -2.35. The lowest BCUT2D eigenvalue weighted by molar-refractivity contribution is -0.137. The van der Waals surface area contributed by atoms with E-state index in [1.807, 2.05) is 11.8 Å². The van der Waals surface area contributed by atoms with Gasteiger partial charge in [-0.05, 0) is 52.2 Å². The normalized spacial score (nSPS) is 20.8. The molecule has 1 aromatic heterocycles. The first kappa shape index (κ1) is 14.6. The minimum Gasteiger partial charge on any atom is -0.394 e. The van der Waals surface area contributed by atoms with Crippen molar-refractivity contribution >= 4 is 11.6 Å². The van der Waals surface area contributed by atoms with Crippen molar-refractivity contribution < 1.29 is 4.79 Å². The van der Waals surface area contributed by atoms with E-state index in [0.717, 1.165) is 31.5 Å². The number of rotatable bonds is 2. The number of nitrogens with two attached hydrogens (primary N) is 1. The van der Waals surface area contributed by atoms with E-state index in [2.05, 4.69) is 6.92 Å². The second-order valence-corrected chi connectivity index (χ2v) is 5.66. The Balaban J connectivity index is 2.31. The number of carbonyl (C=O) groups excluding carboxylic acids is 1. The van der Waals surface area contributed by atoms with E-state index >= 15 is 0 Å². The molecule has 1 saturated heterocycles. The summed E-state index contributed by atoms with van der Waals surface area (Å²) in [7, 11) is 0. The molecule has 1 aliphatic heterocycles. The van der Waals surface area contributed by atoms with E-state index in [-0.39, 0.29) is 23.2 Å². The second-order valence-electron chi connectivity index (χ2n) is 5.66. The fraction of sp³-hybridized carbons (Fsp3) is 0.600. The molecule has 2 unspecified atom stereocenters. The summed E-state index contributed by atoms with van der Waals surface area (Å²) in [5.74, 6) is 0.00741. The molecule has 2 N–H and O–H groups in total. The van der Waals surface area contributed by atoms with Crippen LogP contribution in [0.4, 0.5) is 5.69 Å². The van der Waals surface area contributed by atoms with Gasteiger partial charge < -0.3 is 10.6 Å². The van der Waals surface area contributed by atoms with Crippen LogP contribution in [0.2, 0.25) is 0 Å². The topological polar surface area (TPSA) is 68.3 Å². The molecule has 2 atom stereocenters. The minimum absolute atomic E-state index is 0.00741. The van der Waals surface area contributed by atoms with Crippen molar-refractivity contribution in [3.8, 4) is 0 Å². The first-order valence-corrected chi connectivity index (χ1v) is 7.21. The maximum absolute atomic E-state index is 12.7. The highest BCUT2D eigenvalue weighted by Crippen LogP contribution is 2.21. The highest BCUT2D eigenvalue weighted by atomic mass is 16.2. The quantitative estimate of drug-likeness (QED) is 0.894. The molecule has 20 heavy (non-hydrogen) atoms. The van der Waals surface area contributed by atoms with Gasteiger partial charge in [0.15, 0.2) is 0 Å². The molecule has 5 heteroatoms. The highest BCUT2D eigenvalue weighted by Gasteiger charge is 2.28. The van der Waals surface area contributed by atoms with Gasteiger partial charge in [-0.3, -0.25) is 14.2 Å². The minimum atomic E-state index is -0.508. The molecule has 5 nitrogen and oxygen atoms in total. The van der Waals surface area contributed by atoms with Crippen molar-refractivity contribution in [1.82, 2.24) is 9.47 Å². The lowest BCUT2D eigenvalue weighted by Crippen LogP contribution is -2.46. The molecule has 0 saturated carbocycles. The number of aryl methyl sites for hydroxylation is 1. The number of aromatic nitrogens is 1. The second kappa shape index (κ2) is 5.69. The summed E-state index contributed by atoms with van der Waals surface area (Å²) in [4.78, 5) is 26.7. The molecule has 0 aromatic carbocycles. The van der Waals surface area contributed by atoms with Gasteiger partial charge >= 0.3 is 0 Å². The molecule has 0 aliphatic carbocycles. The van der Waals surface area contributed by atoms with Gasteiger partial charge in [0.2, 0.25) is 5.91 Å². The Morgan fingerprint density at radius 1 is 1.40 bits per heavy atom. The van der Waals surface area contributed by atoms with Crippen LogP contribution in [0.15, 0.2) is 16.9 Å². The van der Waals surface area contributed by atoms with Crippen LogP contribution in [0.3, 0.4) is 0 Å². The van der Waals surface area contributed by atoms with Crippen LogP contribution in [0.25, 0.3) is 0 Å². The Kier molecular flexibility index (Phi) is 4.16. The third-order valence-corrected chi connectivity index (χ3v) is 4.18. The van der Waals surface area contributed by atoms with Gasteiger partial charge in [-0.1, -0.05) is 0 Å². The van der Waals surface area contributed by atoms with Crippen LogP contribution >= 0.6 is 0 Å². The van der Waals surface area contributed by atoms with E-state index in [9.17, 15) is 9.59 Å². The Bertz CT molecular complexity index is 565. The molecule has 2 heterocycles. The predicted octanol–water partition coefficient (Wildman–Crippen LogP) is 1.70. The molecule has 2 rings (SSSR count). The van der Waals surface area contributed by atoms with E-state index in [1.54, 1.807) is 19.1 Å². The highest BCUT2D eigenvalue weighted by molar-refractivity contribution is 5.80. The first-order chi connectivity index (χ1) is 9.43. The molecule has 1 aliphatic rings. The number of anilines is 1. The van der Waals surface area contributed by atoms with Crippen LogP contribution in [0, 0.1) is 6.92 Å². The van der Waals surface area contributed by atoms with Crippen molar-refractivity contribution in [1.29, 1.82) is 0 Å². The molecular weight excluding hydrogens is 254 g/mol. The summed E-state index contributed by atoms with van der Waals surface area (Å²) in [5, 5.41) is 0. The zero-order valence-electron chi connectivity index (χ0n) is 12.4. The van der Waals surface area contributed by atoms with Gasteiger partial charge in [0, 0.05) is 18.3 Å². The fourth-order valence-electron chi connectivity index (χ4n) is 2.92. The van der Waals surface area contributed by atoms with Crippen LogP contribution in [-0.2, 0) is 4.79 Å². The largest absolute Gasteiger partial charge is 0.394 e. The van der Waals surface area contributed by atoms with Gasteiger partial charge in [-0.25, -0.2) is 0 Å². The molecule has 0 spiro atoms. The number of likely N-dealkylation sites (tertiary alicyclic amines) is 1. The molecule has 1 fully saturated rings. The van der Waals surface area contributed by atoms with Gasteiger partial charge in [0.1, 0.15) is 6.04 Å². The smallest absolute Gasteiger partial charge is 0.274 e. The summed E-state index contributed by atoms with van der Waals surface area (Å²) < 4.78 is 1.50. The zero-order chi connectivity index (χ0) is 14.9. The molecule has 0 radical (unpaired) electrons. The summed E-state index contributed by atoms with van der Waals surface area (Å²) in [6.07, 6.45) is 3.23. The van der Waals surface area contributed by atoms with Crippen molar-refractivity contribution in [2.45, 2.75) is 52.1 Å². The SMILES string of the molecule is Cc1ccc(N)c(=O)n1C(C)C(=O)N1CCCCC1C. The van der Waals surface area contributed by atoms with E-state index < -0.39 is 6.04 Å². The Morgan fingerprint density at radius 2 is 2.10 bits per heavy atom. The van der Waals surface area contributed by atoms with Gasteiger partial charge in [-0.2, -0.15) is 0 Å². The molecule has 1 amide bonds. The van der Waals surface area contributed by atoms with Crippen molar-refractivity contribution in [2.75, 3.05) is 12.3 Å². The van der Waals surface area contributed by atoms with Gasteiger partial charge in [0.05, 0.1) is 5.69 Å². The summed E-state index contributed by atoms with van der Waals surface area (Å²) in [6, 6.07) is 3.11. The van der Waals surface area contributed by atoms with Gasteiger partial charge in [0.25, 0.3) is 5.56 Å². The molecule has 110 valence electrons. The number of pyridine rings is 1. The van der Waals surface area contributed by atoms with Crippen LogP contribution in [0.5, 0.6) is 0 Å². The number of piperidine rings is 1. The number of hydrogen-bond acceptors (Lipinski definition) is 3. The summed E-state index contributed by atoms with van der Waals surface area (Å²) in [5.41, 5.74) is 6.33. The number of nitrogens with zero attached hydrogens (tertiary/aromatic N) is 2. The van der Waals surface area contributed by atoms with E-state index in [0.29, 0.717) is 0 Å². The van der Waals surface area contributed by atoms with Crippen molar-refractivity contribution in [3.63, 3.8) is 0 Å². The maximum Gasteiger partial charge on any atom is 0.274 e. The zero-order valence-corrected chi connectivity index (χ0v) is 12.4. The lowest BCUT2D eigenvalue weighted by atomic mass is 10.0. The number of amides is 1. The first-order valence-electron chi connectivity index (χ1n) is 7.21. The van der Waals surface area contributed by atoms with E-state index in [1.165, 1.54) is 4.57 Å². The van der Waals surface area contributed by atoms with Crippen LogP contribution in [-0.4, -0.2) is 28.0 Å². The number of hydrogen-bond donors (Lipinski definition) is 1. The maximum atomic E-state index is 12.7. The molecule has 1 aromatic rings. The number of nitrogen functional groups attached to an aromatic ring is 1. The monoisotopic (exact) mass is 277 g/mol. The average molecular weight is 277 g/mol. The summed E-state index contributed by atoms with van der Waals surface area (Å²) in [6.45, 7) is 6.45. The molecule has 0 bridgehead atoms. The Hall–Kier alpha value is -1.78. The third-order valence-electron chi connectivity index (χ3n) is 4.18. The summed E-state index contributed by atoms with van der Waals surface area (Å²) >= 11 is 0. The third kappa shape index (κ3) is 2.57. The standard InChI is InChI=1S/C15H23N3O2/c1-10-6-4-5-9-17(10)14(19)12(3)18-11(2)7-8-13(16)15(18)20/h7-8,10,12H,4-6,9,16H2,1-3H3. The number of carbonyl (C=O) groups is 1. The Morgan fingerprint density at radius 3 is 2.75 bits per heavy atom. The van der Waals surface area contributed by atoms with Crippen molar-refractivity contribution in [2.24, 2.45) is 0 Å².